The number of rotatable bonds is 28. The molecule has 0 aromatic heterocycles. The number of carbonyl (C=O) groups excluding carboxylic acids is 1. The lowest BCUT2D eigenvalue weighted by atomic mass is 9.80. The molecule has 2 unspecified atom stereocenters. The summed E-state index contributed by atoms with van der Waals surface area (Å²) in [4.78, 5) is 48.0. The third kappa shape index (κ3) is 18.3. The zero-order valence-electron chi connectivity index (χ0n) is 25.6. The highest BCUT2D eigenvalue weighted by molar-refractivity contribution is 5.92. The quantitative estimate of drug-likeness (QED) is 0.0629. The largest absolute Gasteiger partial charge is 0.481 e. The summed E-state index contributed by atoms with van der Waals surface area (Å²) in [6.07, 6.45) is 19.4. The Balaban J connectivity index is 4.33. The molecule has 3 N–H and O–H groups in total. The van der Waals surface area contributed by atoms with Crippen LogP contribution >= 0.6 is 0 Å². The average Bonchev–Trinajstić information content (AvgIpc) is 2.87. The van der Waals surface area contributed by atoms with Gasteiger partial charge in [0.15, 0.2) is 0 Å². The van der Waals surface area contributed by atoms with Crippen molar-refractivity contribution in [2.45, 2.75) is 168 Å². The molecule has 0 aromatic carbocycles. The maximum Gasteiger partial charge on any atom is 0.349 e. The third-order valence-electron chi connectivity index (χ3n) is 7.69. The van der Waals surface area contributed by atoms with E-state index in [1.165, 1.54) is 70.6 Å². The molecule has 0 spiro atoms. The van der Waals surface area contributed by atoms with Crippen molar-refractivity contribution < 1.29 is 39.2 Å². The van der Waals surface area contributed by atoms with E-state index in [-0.39, 0.29) is 12.8 Å². The van der Waals surface area contributed by atoms with Gasteiger partial charge in [-0.15, -0.1) is 0 Å². The molecule has 40 heavy (non-hydrogen) atoms. The van der Waals surface area contributed by atoms with Gasteiger partial charge in [0, 0.05) is 6.42 Å². The SMILES string of the molecule is CCCCCC(=O)OC(CC(=O)O)(C(=O)O)C(CCCCCCCCCCCCCCCCCC(C)C)C(=O)O. The maximum absolute atomic E-state index is 12.3. The van der Waals surface area contributed by atoms with Crippen molar-refractivity contribution in [1.29, 1.82) is 0 Å². The molecule has 0 amide bonds. The number of carboxylic acids is 3. The van der Waals surface area contributed by atoms with Crippen LogP contribution in [0.15, 0.2) is 0 Å². The normalized spacial score (nSPS) is 13.6. The molecule has 0 aliphatic heterocycles. The number of hydrogen-bond acceptors (Lipinski definition) is 5. The van der Waals surface area contributed by atoms with E-state index in [0.29, 0.717) is 19.3 Å². The van der Waals surface area contributed by atoms with Gasteiger partial charge in [0.2, 0.25) is 5.60 Å². The van der Waals surface area contributed by atoms with Gasteiger partial charge < -0.3 is 20.1 Å². The van der Waals surface area contributed by atoms with Crippen LogP contribution in [-0.2, 0) is 23.9 Å². The zero-order chi connectivity index (χ0) is 30.2. The molecule has 0 rings (SSSR count). The van der Waals surface area contributed by atoms with Gasteiger partial charge in [-0.1, -0.05) is 136 Å². The first-order chi connectivity index (χ1) is 19.1. The minimum atomic E-state index is -2.62. The highest BCUT2D eigenvalue weighted by Gasteiger charge is 2.54. The van der Waals surface area contributed by atoms with E-state index in [1.807, 2.05) is 6.92 Å². The van der Waals surface area contributed by atoms with Crippen molar-refractivity contribution in [2.24, 2.45) is 11.8 Å². The van der Waals surface area contributed by atoms with Crippen LogP contribution in [0.5, 0.6) is 0 Å². The second-order valence-corrected chi connectivity index (χ2v) is 11.9. The molecule has 0 bridgehead atoms. The van der Waals surface area contributed by atoms with Gasteiger partial charge in [0.05, 0.1) is 6.42 Å². The fourth-order valence-corrected chi connectivity index (χ4v) is 5.25. The molecule has 0 aliphatic rings. The number of aliphatic carboxylic acids is 3. The Bertz CT molecular complexity index is 705. The Morgan fingerprint density at radius 1 is 0.625 bits per heavy atom. The van der Waals surface area contributed by atoms with Crippen LogP contribution in [0.2, 0.25) is 0 Å². The van der Waals surface area contributed by atoms with E-state index in [2.05, 4.69) is 13.8 Å². The van der Waals surface area contributed by atoms with E-state index < -0.39 is 41.8 Å². The molecule has 0 heterocycles. The second kappa shape index (κ2) is 23.6. The van der Waals surface area contributed by atoms with Crippen LogP contribution in [0.25, 0.3) is 0 Å². The lowest BCUT2D eigenvalue weighted by Gasteiger charge is -2.33. The molecule has 234 valence electrons. The minimum Gasteiger partial charge on any atom is -0.481 e. The number of unbranched alkanes of at least 4 members (excludes halogenated alkanes) is 16. The lowest BCUT2D eigenvalue weighted by Crippen LogP contribution is -2.54. The fraction of sp³-hybridized carbons (Fsp3) is 0.875. The Kier molecular flexibility index (Phi) is 22.3. The molecule has 2 atom stereocenters. The molecule has 0 fully saturated rings. The van der Waals surface area contributed by atoms with E-state index >= 15 is 0 Å². The third-order valence-corrected chi connectivity index (χ3v) is 7.69. The topological polar surface area (TPSA) is 138 Å². The van der Waals surface area contributed by atoms with Crippen LogP contribution in [0.3, 0.4) is 0 Å². The van der Waals surface area contributed by atoms with E-state index in [9.17, 15) is 34.5 Å². The number of carbonyl (C=O) groups is 4. The summed E-state index contributed by atoms with van der Waals surface area (Å²) in [5, 5.41) is 29.0. The molecular formula is C32H58O8. The Hall–Kier alpha value is -2.12. The Labute approximate surface area is 242 Å². The molecule has 8 nitrogen and oxygen atoms in total. The summed E-state index contributed by atoms with van der Waals surface area (Å²) < 4.78 is 5.17. The summed E-state index contributed by atoms with van der Waals surface area (Å²) in [6, 6.07) is 0. The van der Waals surface area contributed by atoms with E-state index in [4.69, 9.17) is 4.74 Å². The molecule has 8 heteroatoms. The van der Waals surface area contributed by atoms with Crippen LogP contribution < -0.4 is 0 Å². The van der Waals surface area contributed by atoms with Crippen molar-refractivity contribution in [3.63, 3.8) is 0 Å². The molecule has 0 saturated carbocycles. The first-order valence-corrected chi connectivity index (χ1v) is 16.0. The first kappa shape index (κ1) is 37.9. The minimum absolute atomic E-state index is 0.0606. The number of esters is 1. The predicted molar refractivity (Wildman–Crippen MR) is 157 cm³/mol. The number of hydrogen-bond donors (Lipinski definition) is 3. The van der Waals surface area contributed by atoms with E-state index in [0.717, 1.165) is 38.0 Å². The standard InChI is InChI=1S/C32H58O8/c1-4-5-19-24-29(35)40-32(31(38)39,25-28(33)34)27(30(36)37)23-21-18-16-14-12-10-8-6-7-9-11-13-15-17-20-22-26(2)3/h26-27H,4-25H2,1-3H3,(H,33,34)(H,36,37)(H,38,39). The fourth-order valence-electron chi connectivity index (χ4n) is 5.25. The summed E-state index contributed by atoms with van der Waals surface area (Å²) in [7, 11) is 0. The average molecular weight is 571 g/mol. The van der Waals surface area contributed by atoms with Crippen LogP contribution in [0.4, 0.5) is 0 Å². The van der Waals surface area contributed by atoms with Crippen molar-refractivity contribution in [1.82, 2.24) is 0 Å². The van der Waals surface area contributed by atoms with Gasteiger partial charge in [0.25, 0.3) is 0 Å². The lowest BCUT2D eigenvalue weighted by molar-refractivity contribution is -0.195. The summed E-state index contributed by atoms with van der Waals surface area (Å²) in [5.74, 6) is -6.40. The van der Waals surface area contributed by atoms with Gasteiger partial charge in [-0.05, 0) is 18.8 Å². The summed E-state index contributed by atoms with van der Waals surface area (Å²) in [6.45, 7) is 6.51. The predicted octanol–water partition coefficient (Wildman–Crippen LogP) is 8.40. The van der Waals surface area contributed by atoms with Crippen molar-refractivity contribution >= 4 is 23.9 Å². The molecule has 0 saturated heterocycles. The first-order valence-electron chi connectivity index (χ1n) is 16.0. The number of carboxylic acid groups (broad SMARTS) is 3. The van der Waals surface area contributed by atoms with Gasteiger partial charge in [-0.3, -0.25) is 14.4 Å². The zero-order valence-corrected chi connectivity index (χ0v) is 25.6. The molecule has 0 aliphatic carbocycles. The Morgan fingerprint density at radius 2 is 1.05 bits per heavy atom. The van der Waals surface area contributed by atoms with Crippen LogP contribution in [-0.4, -0.2) is 44.8 Å². The summed E-state index contributed by atoms with van der Waals surface area (Å²) >= 11 is 0. The maximum atomic E-state index is 12.3. The van der Waals surface area contributed by atoms with Crippen molar-refractivity contribution in [3.8, 4) is 0 Å². The van der Waals surface area contributed by atoms with Crippen LogP contribution in [0.1, 0.15) is 162 Å². The van der Waals surface area contributed by atoms with E-state index in [1.54, 1.807) is 0 Å². The van der Waals surface area contributed by atoms with Crippen molar-refractivity contribution in [2.75, 3.05) is 0 Å². The highest BCUT2D eigenvalue weighted by Crippen LogP contribution is 2.33. The van der Waals surface area contributed by atoms with Gasteiger partial charge in [0.1, 0.15) is 5.92 Å². The smallest absolute Gasteiger partial charge is 0.349 e. The Morgan fingerprint density at radius 3 is 1.40 bits per heavy atom. The second-order valence-electron chi connectivity index (χ2n) is 11.9. The van der Waals surface area contributed by atoms with Crippen molar-refractivity contribution in [3.05, 3.63) is 0 Å². The summed E-state index contributed by atoms with van der Waals surface area (Å²) in [5.41, 5.74) is -2.62. The monoisotopic (exact) mass is 570 g/mol. The molecular weight excluding hydrogens is 512 g/mol. The highest BCUT2D eigenvalue weighted by atomic mass is 16.6. The molecule has 0 radical (unpaired) electrons. The van der Waals surface area contributed by atoms with Gasteiger partial charge >= 0.3 is 23.9 Å². The van der Waals surface area contributed by atoms with Gasteiger partial charge in [-0.25, -0.2) is 4.79 Å². The van der Waals surface area contributed by atoms with Gasteiger partial charge in [-0.2, -0.15) is 0 Å². The molecule has 0 aromatic rings. The van der Waals surface area contributed by atoms with Crippen LogP contribution in [0, 0.1) is 11.8 Å². The number of ether oxygens (including phenoxy) is 1.